The van der Waals surface area contributed by atoms with Crippen LogP contribution in [0.2, 0.25) is 0 Å². The van der Waals surface area contributed by atoms with Gasteiger partial charge >= 0.3 is 0 Å². The van der Waals surface area contributed by atoms with Gasteiger partial charge < -0.3 is 0 Å². The van der Waals surface area contributed by atoms with Gasteiger partial charge in [-0.1, -0.05) is 8.19 Å². The van der Waals surface area contributed by atoms with Gasteiger partial charge in [0.15, 0.2) is 0 Å². The summed E-state index contributed by atoms with van der Waals surface area (Å²) in [5.41, 5.74) is 3.55. The second-order valence-electron chi connectivity index (χ2n) is 2.70. The number of rotatable bonds is 0. The molecule has 0 aliphatic heterocycles. The van der Waals surface area contributed by atoms with Gasteiger partial charge in [-0.15, -0.1) is 0 Å². The van der Waals surface area contributed by atoms with Crippen LogP contribution < -0.4 is 0 Å². The lowest BCUT2D eigenvalue weighted by Gasteiger charge is -1.91. The van der Waals surface area contributed by atoms with Crippen molar-refractivity contribution >= 4 is 19.1 Å². The maximum Gasteiger partial charge on any atom is 0.0959 e. The van der Waals surface area contributed by atoms with Crippen LogP contribution in [0.1, 0.15) is 11.3 Å². The van der Waals surface area contributed by atoms with Crippen molar-refractivity contribution in [3.8, 4) is 0 Å². The number of nitrogens with one attached hydrogen (secondary N) is 1. The summed E-state index contributed by atoms with van der Waals surface area (Å²) in [6.07, 6.45) is 0. The van der Waals surface area contributed by atoms with Crippen LogP contribution in [0.5, 0.6) is 0 Å². The SMILES string of the molecule is Cc1[nH]nc2c(C)cpcc12. The van der Waals surface area contributed by atoms with Crippen molar-refractivity contribution in [2.24, 2.45) is 0 Å². The molecule has 0 fully saturated rings. The van der Waals surface area contributed by atoms with E-state index >= 15 is 0 Å². The van der Waals surface area contributed by atoms with Crippen molar-refractivity contribution in [1.82, 2.24) is 10.2 Å². The van der Waals surface area contributed by atoms with Crippen molar-refractivity contribution in [3.05, 3.63) is 22.9 Å². The first-order valence-electron chi connectivity index (χ1n) is 3.54. The average molecular weight is 164 g/mol. The maximum atomic E-state index is 4.21. The van der Waals surface area contributed by atoms with Gasteiger partial charge in [-0.2, -0.15) is 5.10 Å². The minimum atomic E-state index is 1.11. The van der Waals surface area contributed by atoms with E-state index in [1.165, 1.54) is 24.8 Å². The van der Waals surface area contributed by atoms with E-state index in [4.69, 9.17) is 0 Å². The highest BCUT2D eigenvalue weighted by Gasteiger charge is 2.01. The number of aromatic nitrogens is 2. The fourth-order valence-corrected chi connectivity index (χ4v) is 2.07. The van der Waals surface area contributed by atoms with Crippen LogP contribution >= 0.6 is 8.19 Å². The Hall–Kier alpha value is -0.880. The Morgan fingerprint density at radius 1 is 1.36 bits per heavy atom. The Balaban J connectivity index is 2.94. The van der Waals surface area contributed by atoms with Crippen LogP contribution in [0.25, 0.3) is 10.9 Å². The van der Waals surface area contributed by atoms with Crippen LogP contribution in [-0.2, 0) is 0 Å². The van der Waals surface area contributed by atoms with Gasteiger partial charge in [0.25, 0.3) is 0 Å². The highest BCUT2D eigenvalue weighted by Crippen LogP contribution is 2.22. The third kappa shape index (κ3) is 0.945. The molecule has 0 atom stereocenters. The molecule has 2 rings (SSSR count). The molecule has 0 aliphatic carbocycles. The van der Waals surface area contributed by atoms with Crippen LogP contribution in [-0.4, -0.2) is 10.2 Å². The number of aryl methyl sites for hydroxylation is 2. The molecule has 0 amide bonds. The van der Waals surface area contributed by atoms with Crippen LogP contribution in [0.3, 0.4) is 0 Å². The minimum absolute atomic E-state index is 1.11. The van der Waals surface area contributed by atoms with E-state index in [0.717, 1.165) is 5.52 Å². The smallest absolute Gasteiger partial charge is 0.0959 e. The van der Waals surface area contributed by atoms with Crippen molar-refractivity contribution in [3.63, 3.8) is 0 Å². The third-order valence-electron chi connectivity index (χ3n) is 1.84. The number of H-pyrrole nitrogens is 1. The summed E-state index contributed by atoms with van der Waals surface area (Å²) >= 11 is 0. The van der Waals surface area contributed by atoms with Gasteiger partial charge in [-0.05, 0) is 31.0 Å². The highest BCUT2D eigenvalue weighted by atomic mass is 31.0. The first kappa shape index (κ1) is 6.81. The van der Waals surface area contributed by atoms with Crippen molar-refractivity contribution in [1.29, 1.82) is 0 Å². The number of nitrogens with zero attached hydrogens (tertiary/aromatic N) is 1. The molecule has 3 heteroatoms. The number of hydrogen-bond acceptors (Lipinski definition) is 1. The van der Waals surface area contributed by atoms with E-state index in [-0.39, 0.29) is 0 Å². The van der Waals surface area contributed by atoms with Gasteiger partial charge in [0, 0.05) is 11.1 Å². The second kappa shape index (κ2) is 2.31. The summed E-state index contributed by atoms with van der Waals surface area (Å²) in [6.45, 7) is 4.15. The highest BCUT2D eigenvalue weighted by molar-refractivity contribution is 7.28. The van der Waals surface area contributed by atoms with Crippen molar-refractivity contribution < 1.29 is 0 Å². The summed E-state index contributed by atoms with van der Waals surface area (Å²) < 4.78 is 0. The zero-order chi connectivity index (χ0) is 7.84. The maximum absolute atomic E-state index is 4.21. The molecular weight excluding hydrogens is 155 g/mol. The fourth-order valence-electron chi connectivity index (χ4n) is 1.18. The summed E-state index contributed by atoms with van der Waals surface area (Å²) in [5, 5.41) is 8.46. The molecule has 2 aromatic rings. The Morgan fingerprint density at radius 2 is 2.18 bits per heavy atom. The van der Waals surface area contributed by atoms with Crippen molar-refractivity contribution in [2.45, 2.75) is 13.8 Å². The predicted molar refractivity (Wildman–Crippen MR) is 48.1 cm³/mol. The molecule has 0 aromatic carbocycles. The number of aromatic amines is 1. The fraction of sp³-hybridized carbons (Fsp3) is 0.250. The molecule has 0 aliphatic rings. The molecule has 0 bridgehead atoms. The van der Waals surface area contributed by atoms with Gasteiger partial charge in [0.2, 0.25) is 0 Å². The molecular formula is C8H9N2P. The lowest BCUT2D eigenvalue weighted by molar-refractivity contribution is 1.06. The van der Waals surface area contributed by atoms with Gasteiger partial charge in [-0.3, -0.25) is 5.10 Å². The van der Waals surface area contributed by atoms with E-state index in [1.54, 1.807) is 0 Å². The number of fused-ring (bicyclic) bond motifs is 1. The molecule has 0 spiro atoms. The normalized spacial score (nSPS) is 11.5. The molecule has 56 valence electrons. The van der Waals surface area contributed by atoms with E-state index < -0.39 is 0 Å². The molecule has 2 nitrogen and oxygen atoms in total. The largest absolute Gasteiger partial charge is 0.282 e. The van der Waals surface area contributed by atoms with Crippen LogP contribution in [0.15, 0.2) is 11.6 Å². The van der Waals surface area contributed by atoms with E-state index in [9.17, 15) is 0 Å². The lowest BCUT2D eigenvalue weighted by atomic mass is 10.2. The predicted octanol–water partition coefficient (Wildman–Crippen LogP) is 2.76. The molecule has 0 saturated carbocycles. The zero-order valence-electron chi connectivity index (χ0n) is 6.55. The molecule has 2 heterocycles. The van der Waals surface area contributed by atoms with Gasteiger partial charge in [0.1, 0.15) is 0 Å². The van der Waals surface area contributed by atoms with E-state index in [0.29, 0.717) is 0 Å². The molecule has 2 aromatic heterocycles. The van der Waals surface area contributed by atoms with E-state index in [2.05, 4.69) is 35.6 Å². The Kier molecular flexibility index (Phi) is 1.43. The minimum Gasteiger partial charge on any atom is -0.282 e. The summed E-state index contributed by atoms with van der Waals surface area (Å²) in [5.74, 6) is 4.35. The Morgan fingerprint density at radius 3 is 2.91 bits per heavy atom. The standard InChI is InChI=1S/C8H9N2P/c1-5-3-11-4-7-6(2)9-10-8(5)7/h3-4H,1-2H3,(H,9,10). The molecule has 0 unspecified atom stereocenters. The first-order valence-corrected chi connectivity index (χ1v) is 4.57. The Labute approximate surface area is 66.7 Å². The van der Waals surface area contributed by atoms with Crippen molar-refractivity contribution in [2.75, 3.05) is 0 Å². The Bertz CT molecular complexity index is 392. The molecule has 0 radical (unpaired) electrons. The van der Waals surface area contributed by atoms with Crippen LogP contribution in [0, 0.1) is 13.8 Å². The monoisotopic (exact) mass is 164 g/mol. The lowest BCUT2D eigenvalue weighted by Crippen LogP contribution is -1.71. The number of hydrogen-bond donors (Lipinski definition) is 1. The average Bonchev–Trinajstić information content (AvgIpc) is 2.35. The van der Waals surface area contributed by atoms with Gasteiger partial charge in [0.05, 0.1) is 5.52 Å². The summed E-state index contributed by atoms with van der Waals surface area (Å²) in [7, 11) is 1.27. The van der Waals surface area contributed by atoms with Gasteiger partial charge in [-0.25, -0.2) is 0 Å². The second-order valence-corrected chi connectivity index (χ2v) is 3.52. The summed E-state index contributed by atoms with van der Waals surface area (Å²) in [6, 6.07) is 0. The third-order valence-corrected chi connectivity index (χ3v) is 2.78. The first-order chi connectivity index (χ1) is 5.29. The summed E-state index contributed by atoms with van der Waals surface area (Å²) in [4.78, 5) is 0. The topological polar surface area (TPSA) is 28.7 Å². The van der Waals surface area contributed by atoms with Crippen LogP contribution in [0.4, 0.5) is 0 Å². The molecule has 1 N–H and O–H groups in total. The quantitative estimate of drug-likeness (QED) is 0.637. The van der Waals surface area contributed by atoms with E-state index in [1.807, 2.05) is 0 Å². The zero-order valence-corrected chi connectivity index (χ0v) is 7.44. The molecule has 0 saturated heterocycles. The molecule has 11 heavy (non-hydrogen) atoms.